The molecule has 2 aromatic rings. The monoisotopic (exact) mass is 226 g/mol. The Labute approximate surface area is 103 Å². The molecule has 88 valence electrons. The largest absolute Gasteiger partial charge is 0.384 e. The molecule has 0 unspecified atom stereocenters. The van der Waals surface area contributed by atoms with Gasteiger partial charge in [-0.15, -0.1) is 0 Å². The number of hydrogen-bond donors (Lipinski definition) is 1. The van der Waals surface area contributed by atoms with E-state index in [1.807, 2.05) is 24.4 Å². The summed E-state index contributed by atoms with van der Waals surface area (Å²) in [6.07, 6.45) is 4.23. The number of nitrogens with zero attached hydrogens (tertiary/aromatic N) is 1. The fourth-order valence-electron chi connectivity index (χ4n) is 1.78. The van der Waals surface area contributed by atoms with Crippen LogP contribution in [0.4, 0.5) is 5.69 Å². The van der Waals surface area contributed by atoms with E-state index < -0.39 is 0 Å². The van der Waals surface area contributed by atoms with Crippen molar-refractivity contribution in [1.82, 2.24) is 4.98 Å². The molecule has 1 aromatic carbocycles. The van der Waals surface area contributed by atoms with Crippen molar-refractivity contribution >= 4 is 5.69 Å². The lowest BCUT2D eigenvalue weighted by Gasteiger charge is -2.11. The van der Waals surface area contributed by atoms with Crippen LogP contribution in [0.15, 0.2) is 48.7 Å². The van der Waals surface area contributed by atoms with Gasteiger partial charge in [-0.25, -0.2) is 0 Å². The van der Waals surface area contributed by atoms with Gasteiger partial charge in [-0.3, -0.25) is 4.98 Å². The molecule has 2 heteroatoms. The molecular weight excluding hydrogens is 208 g/mol. The van der Waals surface area contributed by atoms with Crippen molar-refractivity contribution in [3.63, 3.8) is 0 Å². The molecule has 0 saturated carbocycles. The van der Waals surface area contributed by atoms with Crippen molar-refractivity contribution in [1.29, 1.82) is 0 Å². The van der Waals surface area contributed by atoms with E-state index in [-0.39, 0.29) is 0 Å². The van der Waals surface area contributed by atoms with E-state index in [1.165, 1.54) is 24.1 Å². The van der Waals surface area contributed by atoms with Gasteiger partial charge in [0.15, 0.2) is 0 Å². The summed E-state index contributed by atoms with van der Waals surface area (Å²) < 4.78 is 0. The van der Waals surface area contributed by atoms with Gasteiger partial charge in [0.2, 0.25) is 0 Å². The summed E-state index contributed by atoms with van der Waals surface area (Å²) >= 11 is 0. The van der Waals surface area contributed by atoms with Crippen LogP contribution in [0, 0.1) is 0 Å². The number of hydrogen-bond acceptors (Lipinski definition) is 2. The molecule has 1 heterocycles. The van der Waals surface area contributed by atoms with Crippen molar-refractivity contribution in [2.75, 3.05) is 11.9 Å². The van der Waals surface area contributed by atoms with Crippen LogP contribution in [0.2, 0.25) is 0 Å². The Balaban J connectivity index is 2.22. The average molecular weight is 226 g/mol. The van der Waals surface area contributed by atoms with Crippen molar-refractivity contribution < 1.29 is 0 Å². The molecule has 2 rings (SSSR count). The third-order valence-electron chi connectivity index (χ3n) is 2.71. The fourth-order valence-corrected chi connectivity index (χ4v) is 1.78. The highest BCUT2D eigenvalue weighted by Crippen LogP contribution is 2.25. The second-order valence-electron chi connectivity index (χ2n) is 4.04. The summed E-state index contributed by atoms with van der Waals surface area (Å²) in [7, 11) is 0. The molecule has 1 aromatic heterocycles. The zero-order chi connectivity index (χ0) is 11.9. The molecule has 17 heavy (non-hydrogen) atoms. The van der Waals surface area contributed by atoms with E-state index in [2.05, 4.69) is 41.5 Å². The van der Waals surface area contributed by atoms with Gasteiger partial charge in [0, 0.05) is 24.0 Å². The Bertz CT molecular complexity index is 451. The molecule has 0 atom stereocenters. The van der Waals surface area contributed by atoms with Gasteiger partial charge in [0.1, 0.15) is 0 Å². The van der Waals surface area contributed by atoms with Crippen LogP contribution in [0.5, 0.6) is 0 Å². The van der Waals surface area contributed by atoms with E-state index in [0.717, 1.165) is 12.2 Å². The molecule has 2 nitrogen and oxygen atoms in total. The van der Waals surface area contributed by atoms with Crippen molar-refractivity contribution in [3.8, 4) is 11.3 Å². The molecule has 0 aliphatic rings. The van der Waals surface area contributed by atoms with Gasteiger partial charge in [0.05, 0.1) is 5.69 Å². The molecule has 0 aliphatic heterocycles. The van der Waals surface area contributed by atoms with Crippen LogP contribution in [0.1, 0.15) is 19.8 Å². The maximum Gasteiger partial charge on any atom is 0.0722 e. The summed E-state index contributed by atoms with van der Waals surface area (Å²) in [5.74, 6) is 0. The van der Waals surface area contributed by atoms with Crippen LogP contribution >= 0.6 is 0 Å². The molecule has 0 aliphatic carbocycles. The summed E-state index contributed by atoms with van der Waals surface area (Å²) in [6.45, 7) is 3.21. The van der Waals surface area contributed by atoms with Crippen LogP contribution in [-0.4, -0.2) is 11.5 Å². The summed E-state index contributed by atoms with van der Waals surface area (Å²) in [6, 6.07) is 14.3. The number of benzene rings is 1. The topological polar surface area (TPSA) is 24.9 Å². The Morgan fingerprint density at radius 2 is 1.88 bits per heavy atom. The maximum atomic E-state index is 4.40. The van der Waals surface area contributed by atoms with E-state index in [4.69, 9.17) is 0 Å². The number of aromatic nitrogens is 1. The summed E-state index contributed by atoms with van der Waals surface area (Å²) in [5.41, 5.74) is 3.36. The second-order valence-corrected chi connectivity index (χ2v) is 4.04. The highest BCUT2D eigenvalue weighted by molar-refractivity contribution is 5.75. The molecular formula is C15H18N2. The standard InChI is InChI=1S/C15H18N2/c1-2-3-11-16-14-9-5-4-8-13(14)15-10-6-7-12-17-15/h4-10,12,16H,2-3,11H2,1H3. The zero-order valence-electron chi connectivity index (χ0n) is 10.2. The van der Waals surface area contributed by atoms with E-state index in [9.17, 15) is 0 Å². The van der Waals surface area contributed by atoms with E-state index in [0.29, 0.717) is 0 Å². The van der Waals surface area contributed by atoms with Gasteiger partial charge < -0.3 is 5.32 Å². The minimum Gasteiger partial charge on any atom is -0.384 e. The number of pyridine rings is 1. The molecule has 0 saturated heterocycles. The van der Waals surface area contributed by atoms with Crippen LogP contribution in [0.25, 0.3) is 11.3 Å². The lowest BCUT2D eigenvalue weighted by atomic mass is 10.1. The third-order valence-corrected chi connectivity index (χ3v) is 2.71. The lowest BCUT2D eigenvalue weighted by molar-refractivity contribution is 0.834. The number of unbranched alkanes of at least 4 members (excludes halogenated alkanes) is 1. The first kappa shape index (κ1) is 11.6. The predicted octanol–water partition coefficient (Wildman–Crippen LogP) is 3.96. The van der Waals surface area contributed by atoms with Crippen LogP contribution in [0.3, 0.4) is 0 Å². The van der Waals surface area contributed by atoms with Gasteiger partial charge in [-0.05, 0) is 24.6 Å². The normalized spacial score (nSPS) is 10.2. The minimum absolute atomic E-state index is 1.01. The number of para-hydroxylation sites is 1. The van der Waals surface area contributed by atoms with Crippen molar-refractivity contribution in [2.45, 2.75) is 19.8 Å². The maximum absolute atomic E-state index is 4.40. The quantitative estimate of drug-likeness (QED) is 0.780. The Morgan fingerprint density at radius 1 is 1.06 bits per heavy atom. The smallest absolute Gasteiger partial charge is 0.0722 e. The predicted molar refractivity (Wildman–Crippen MR) is 73.1 cm³/mol. The Hall–Kier alpha value is -1.83. The number of anilines is 1. The summed E-state index contributed by atoms with van der Waals surface area (Å²) in [5, 5.41) is 3.47. The Kier molecular flexibility index (Phi) is 4.14. The molecule has 0 bridgehead atoms. The molecule has 0 spiro atoms. The van der Waals surface area contributed by atoms with Crippen LogP contribution < -0.4 is 5.32 Å². The van der Waals surface area contributed by atoms with E-state index >= 15 is 0 Å². The van der Waals surface area contributed by atoms with Crippen molar-refractivity contribution in [3.05, 3.63) is 48.7 Å². The first-order valence-corrected chi connectivity index (χ1v) is 6.16. The molecule has 0 amide bonds. The van der Waals surface area contributed by atoms with Gasteiger partial charge >= 0.3 is 0 Å². The molecule has 0 fully saturated rings. The SMILES string of the molecule is CCCCNc1ccccc1-c1ccccn1. The minimum atomic E-state index is 1.01. The highest BCUT2D eigenvalue weighted by atomic mass is 14.9. The second kappa shape index (κ2) is 6.04. The van der Waals surface area contributed by atoms with E-state index in [1.54, 1.807) is 0 Å². The highest BCUT2D eigenvalue weighted by Gasteiger charge is 2.03. The lowest BCUT2D eigenvalue weighted by Crippen LogP contribution is -2.02. The molecule has 0 radical (unpaired) electrons. The number of nitrogens with one attached hydrogen (secondary N) is 1. The van der Waals surface area contributed by atoms with Gasteiger partial charge in [0.25, 0.3) is 0 Å². The first-order valence-electron chi connectivity index (χ1n) is 6.16. The fraction of sp³-hybridized carbons (Fsp3) is 0.267. The average Bonchev–Trinajstić information content (AvgIpc) is 2.41. The van der Waals surface area contributed by atoms with Crippen LogP contribution in [-0.2, 0) is 0 Å². The van der Waals surface area contributed by atoms with Gasteiger partial charge in [-0.1, -0.05) is 37.6 Å². The number of rotatable bonds is 5. The Morgan fingerprint density at radius 3 is 2.65 bits per heavy atom. The summed E-state index contributed by atoms with van der Waals surface area (Å²) in [4.78, 5) is 4.40. The van der Waals surface area contributed by atoms with Gasteiger partial charge in [-0.2, -0.15) is 0 Å². The van der Waals surface area contributed by atoms with Crippen molar-refractivity contribution in [2.24, 2.45) is 0 Å². The third kappa shape index (κ3) is 3.06. The zero-order valence-corrected chi connectivity index (χ0v) is 10.2. The first-order chi connectivity index (χ1) is 8.42. The molecule has 1 N–H and O–H groups in total.